The quantitative estimate of drug-likeness (QED) is 0.0766. The highest BCUT2D eigenvalue weighted by Gasteiger charge is 2.55. The van der Waals surface area contributed by atoms with Crippen molar-refractivity contribution < 1.29 is 119 Å². The van der Waals surface area contributed by atoms with Crippen LogP contribution in [0.3, 0.4) is 0 Å². The molecule has 24 heteroatoms. The van der Waals surface area contributed by atoms with Gasteiger partial charge in [0, 0.05) is 0 Å². The molecule has 5 aliphatic rings. The summed E-state index contributed by atoms with van der Waals surface area (Å²) in [6.45, 7) is -1.72. The lowest BCUT2D eigenvalue weighted by Crippen LogP contribution is -2.66. The van der Waals surface area contributed by atoms with Crippen molar-refractivity contribution in [1.29, 1.82) is 0 Å². The van der Waals surface area contributed by atoms with Crippen molar-refractivity contribution in [2.24, 2.45) is 11.8 Å². The topological polar surface area (TPSA) is 383 Å². The molecule has 4 aliphatic heterocycles. The molecule has 0 radical (unpaired) electrons. The van der Waals surface area contributed by atoms with Crippen LogP contribution in [0.1, 0.15) is 19.8 Å². The molecule has 0 spiro atoms. The molecule has 15 unspecified atom stereocenters. The number of ether oxygens (including phenoxy) is 9. The van der Waals surface area contributed by atoms with E-state index >= 15 is 0 Å². The average molecular weight is 837 g/mol. The van der Waals surface area contributed by atoms with Crippen molar-refractivity contribution in [3.05, 3.63) is 0 Å². The van der Waals surface area contributed by atoms with Crippen molar-refractivity contribution in [1.82, 2.24) is 0 Å². The summed E-state index contributed by atoms with van der Waals surface area (Å²) >= 11 is 0. The van der Waals surface area contributed by atoms with Crippen LogP contribution in [-0.4, -0.2) is 246 Å². The summed E-state index contributed by atoms with van der Waals surface area (Å²) in [6, 6.07) is 0. The van der Waals surface area contributed by atoms with Gasteiger partial charge in [-0.05, 0) is 18.8 Å². The van der Waals surface area contributed by atoms with E-state index in [9.17, 15) is 76.3 Å². The van der Waals surface area contributed by atoms with Gasteiger partial charge in [0.05, 0.1) is 51.7 Å². The summed E-state index contributed by atoms with van der Waals surface area (Å²) in [7, 11) is 1.15. The summed E-state index contributed by atoms with van der Waals surface area (Å²) in [6.07, 6.45) is -38.2. The fourth-order valence-corrected chi connectivity index (χ4v) is 7.79. The van der Waals surface area contributed by atoms with E-state index in [-0.39, 0.29) is 12.8 Å². The molecule has 5 rings (SSSR count). The van der Waals surface area contributed by atoms with E-state index in [1.807, 2.05) is 0 Å². The minimum Gasteiger partial charge on any atom is -0.469 e. The van der Waals surface area contributed by atoms with Gasteiger partial charge in [-0.25, -0.2) is 0 Å². The fourth-order valence-electron chi connectivity index (χ4n) is 7.79. The smallest absolute Gasteiger partial charge is 0.308 e. The van der Waals surface area contributed by atoms with Crippen LogP contribution in [0.4, 0.5) is 0 Å². The van der Waals surface area contributed by atoms with Crippen LogP contribution in [0.25, 0.3) is 0 Å². The molecule has 24 atom stereocenters. The van der Waals surface area contributed by atoms with E-state index in [0.717, 1.165) is 7.11 Å². The molecule has 4 heterocycles. The van der Waals surface area contributed by atoms with Crippen LogP contribution in [0.5, 0.6) is 0 Å². The first-order valence-corrected chi connectivity index (χ1v) is 18.6. The Morgan fingerprint density at radius 1 is 0.474 bits per heavy atom. The zero-order valence-electron chi connectivity index (χ0n) is 30.9. The molecule has 0 aromatic carbocycles. The Labute approximate surface area is 325 Å². The van der Waals surface area contributed by atoms with Crippen LogP contribution in [-0.2, 0) is 47.4 Å². The predicted molar refractivity (Wildman–Crippen MR) is 176 cm³/mol. The van der Waals surface area contributed by atoms with Gasteiger partial charge in [-0.2, -0.15) is 0 Å². The third-order valence-electron chi connectivity index (χ3n) is 11.2. The summed E-state index contributed by atoms with van der Waals surface area (Å²) in [4.78, 5) is 12.9. The van der Waals surface area contributed by atoms with Crippen LogP contribution in [0.2, 0.25) is 0 Å². The van der Waals surface area contributed by atoms with Crippen LogP contribution < -0.4 is 0 Å². The van der Waals surface area contributed by atoms with E-state index in [2.05, 4.69) is 0 Å². The predicted octanol–water partition coefficient (Wildman–Crippen LogP) is -8.78. The molecule has 5 fully saturated rings. The number of hydrogen-bond acceptors (Lipinski definition) is 24. The van der Waals surface area contributed by atoms with Gasteiger partial charge in [0.2, 0.25) is 0 Å². The molecular formula is C33H56O24. The number of carbonyl (C=O) groups is 1. The molecule has 1 aliphatic carbocycles. The van der Waals surface area contributed by atoms with Crippen molar-refractivity contribution in [3.63, 3.8) is 0 Å². The second-order valence-electron chi connectivity index (χ2n) is 15.0. The minimum atomic E-state index is -1.97. The maximum Gasteiger partial charge on any atom is 0.308 e. The Morgan fingerprint density at radius 2 is 0.825 bits per heavy atom. The van der Waals surface area contributed by atoms with Crippen LogP contribution in [0, 0.1) is 11.8 Å². The van der Waals surface area contributed by atoms with Gasteiger partial charge in [-0.1, -0.05) is 6.92 Å². The van der Waals surface area contributed by atoms with Crippen LogP contribution in [0.15, 0.2) is 0 Å². The first kappa shape index (κ1) is 46.7. The summed E-state index contributed by atoms with van der Waals surface area (Å²) in [5.74, 6) is -2.22. The minimum absolute atomic E-state index is 0.0910. The standard InChI is InChI=1S/C33H56O24/c1-9-3-10(29(48)49-2)4-11(50-32-27(22(44)18(40)14(7-36)53-32)56-30-24(46)20(42)16(38)12(5-34)51-30)26(9)55-33-28(23(45)19(41)15(8-37)54-33)57-31-25(47)21(43)17(39)13(6-35)52-31/h9-28,30-47H,3-8H2,1-2H3/t9?,10?,11-,12?,13?,14?,15?,16-,17-,18-,19-,20?,21?,22?,23?,24?,25?,26?,27?,28?,30-,31-,32+,33-/m1/s1. The molecule has 0 aromatic rings. The number of carbonyl (C=O) groups excluding carboxylic acids is 1. The summed E-state index contributed by atoms with van der Waals surface area (Å²) in [5.41, 5.74) is 0. The van der Waals surface area contributed by atoms with Crippen molar-refractivity contribution in [2.75, 3.05) is 33.5 Å². The Hall–Kier alpha value is -1.41. The van der Waals surface area contributed by atoms with Crippen molar-refractivity contribution in [2.45, 2.75) is 155 Å². The van der Waals surface area contributed by atoms with Gasteiger partial charge >= 0.3 is 5.97 Å². The van der Waals surface area contributed by atoms with Gasteiger partial charge < -0.3 is 114 Å². The van der Waals surface area contributed by atoms with Crippen molar-refractivity contribution >= 4 is 5.97 Å². The molecule has 14 N–H and O–H groups in total. The summed E-state index contributed by atoms with van der Waals surface area (Å²) in [5, 5.41) is 146. The highest BCUT2D eigenvalue weighted by Crippen LogP contribution is 2.40. The molecule has 0 bridgehead atoms. The van der Waals surface area contributed by atoms with Gasteiger partial charge in [0.1, 0.15) is 97.7 Å². The molecule has 0 amide bonds. The highest BCUT2D eigenvalue weighted by molar-refractivity contribution is 5.72. The first-order chi connectivity index (χ1) is 27.0. The summed E-state index contributed by atoms with van der Waals surface area (Å²) < 4.78 is 51.6. The van der Waals surface area contributed by atoms with Crippen LogP contribution >= 0.6 is 0 Å². The molecule has 4 saturated heterocycles. The van der Waals surface area contributed by atoms with Gasteiger partial charge in [-0.3, -0.25) is 4.79 Å². The lowest BCUT2D eigenvalue weighted by molar-refractivity contribution is -0.389. The van der Waals surface area contributed by atoms with Gasteiger partial charge in [-0.15, -0.1) is 0 Å². The number of aliphatic hydroxyl groups is 14. The number of methoxy groups -OCH3 is 1. The fraction of sp³-hybridized carbons (Fsp3) is 0.970. The largest absolute Gasteiger partial charge is 0.469 e. The number of hydrogen-bond donors (Lipinski definition) is 14. The van der Waals surface area contributed by atoms with E-state index in [1.165, 1.54) is 0 Å². The lowest BCUT2D eigenvalue weighted by atomic mass is 9.78. The Bertz CT molecular complexity index is 1260. The maximum absolute atomic E-state index is 12.9. The lowest BCUT2D eigenvalue weighted by Gasteiger charge is -2.49. The molecule has 24 nitrogen and oxygen atoms in total. The molecule has 57 heavy (non-hydrogen) atoms. The normalized spacial score (nSPS) is 51.0. The van der Waals surface area contributed by atoms with Crippen molar-refractivity contribution in [3.8, 4) is 0 Å². The Balaban J connectivity index is 1.46. The van der Waals surface area contributed by atoms with E-state index in [0.29, 0.717) is 0 Å². The van der Waals surface area contributed by atoms with E-state index in [4.69, 9.17) is 42.6 Å². The number of esters is 1. The number of aliphatic hydroxyl groups excluding tert-OH is 14. The average Bonchev–Trinajstić information content (AvgIpc) is 3.20. The second kappa shape index (κ2) is 20.0. The molecule has 332 valence electrons. The zero-order valence-corrected chi connectivity index (χ0v) is 30.9. The SMILES string of the molecule is COC(=O)C1CC(C)C(O[C@H]2OC(CO)[C@@H](O)C(O)C2O[C@H]2OC(CO)[C@@H](O)C(O)C2O)[C@H](O[C@H]2OC(CO)[C@@H](O)C(O)C2O[C@H]2OC(CO)[C@@H](O)C(O)C2O)C1. The highest BCUT2D eigenvalue weighted by atomic mass is 16.8. The van der Waals surface area contributed by atoms with Gasteiger partial charge in [0.15, 0.2) is 25.2 Å². The van der Waals surface area contributed by atoms with Gasteiger partial charge in [0.25, 0.3) is 0 Å². The molecule has 0 aromatic heterocycles. The first-order valence-electron chi connectivity index (χ1n) is 18.6. The second-order valence-corrected chi connectivity index (χ2v) is 15.0. The molecule has 1 saturated carbocycles. The maximum atomic E-state index is 12.9. The van der Waals surface area contributed by atoms with E-state index < -0.39 is 179 Å². The number of rotatable bonds is 13. The Morgan fingerprint density at radius 3 is 1.21 bits per heavy atom. The van der Waals surface area contributed by atoms with E-state index in [1.54, 1.807) is 6.92 Å². The third kappa shape index (κ3) is 9.73. The Kier molecular flexibility index (Phi) is 16.3. The molecular weight excluding hydrogens is 780 g/mol. The third-order valence-corrected chi connectivity index (χ3v) is 11.2. The monoisotopic (exact) mass is 836 g/mol. The zero-order chi connectivity index (χ0) is 42.0.